The summed E-state index contributed by atoms with van der Waals surface area (Å²) in [6.07, 6.45) is 4.47. The van der Waals surface area contributed by atoms with Crippen molar-refractivity contribution < 1.29 is 13.2 Å². The van der Waals surface area contributed by atoms with Crippen molar-refractivity contribution in [3.8, 4) is 0 Å². The van der Waals surface area contributed by atoms with Gasteiger partial charge in [0.15, 0.2) is 0 Å². The summed E-state index contributed by atoms with van der Waals surface area (Å²) >= 11 is 0. The van der Waals surface area contributed by atoms with E-state index < -0.39 is 10.0 Å². The zero-order chi connectivity index (χ0) is 19.2. The van der Waals surface area contributed by atoms with Crippen molar-refractivity contribution in [1.29, 1.82) is 0 Å². The summed E-state index contributed by atoms with van der Waals surface area (Å²) in [5.41, 5.74) is 2.73. The summed E-state index contributed by atoms with van der Waals surface area (Å²) in [5.74, 6) is 0.210. The number of pyridine rings is 1. The van der Waals surface area contributed by atoms with Gasteiger partial charge in [0.1, 0.15) is 0 Å². The van der Waals surface area contributed by atoms with Crippen LogP contribution in [0.15, 0.2) is 48.8 Å². The lowest BCUT2D eigenvalue weighted by molar-refractivity contribution is -0.116. The first kappa shape index (κ1) is 20.1. The van der Waals surface area contributed by atoms with Crippen molar-refractivity contribution in [3.63, 3.8) is 0 Å². The molecule has 26 heavy (non-hydrogen) atoms. The molecule has 0 aliphatic carbocycles. The molecule has 0 aliphatic heterocycles. The highest BCUT2D eigenvalue weighted by atomic mass is 32.2. The van der Waals surface area contributed by atoms with Gasteiger partial charge >= 0.3 is 0 Å². The minimum Gasteiger partial charge on any atom is -0.326 e. The maximum Gasteiger partial charge on any atom is 0.225 e. The molecule has 0 atom stereocenters. The molecule has 7 heteroatoms. The highest BCUT2D eigenvalue weighted by Gasteiger charge is 2.18. The second-order valence-electron chi connectivity index (χ2n) is 6.53. The topological polar surface area (TPSA) is 79.4 Å². The summed E-state index contributed by atoms with van der Waals surface area (Å²) in [5, 5.41) is 2.81. The van der Waals surface area contributed by atoms with Crippen LogP contribution in [0.25, 0.3) is 0 Å². The molecule has 0 saturated carbocycles. The number of aromatic nitrogens is 1. The Morgan fingerprint density at radius 2 is 1.73 bits per heavy atom. The predicted molar refractivity (Wildman–Crippen MR) is 103 cm³/mol. The van der Waals surface area contributed by atoms with Gasteiger partial charge in [0.2, 0.25) is 15.9 Å². The van der Waals surface area contributed by atoms with E-state index in [1.807, 2.05) is 24.3 Å². The molecule has 1 amide bonds. The molecular formula is C19H25N3O3S. The second kappa shape index (κ2) is 8.91. The summed E-state index contributed by atoms with van der Waals surface area (Å²) in [6.45, 7) is 4.56. The Bertz CT molecular complexity index is 819. The molecule has 0 aliphatic rings. The molecule has 1 N–H and O–H groups in total. The zero-order valence-electron chi connectivity index (χ0n) is 15.3. The van der Waals surface area contributed by atoms with E-state index in [0.29, 0.717) is 11.6 Å². The molecule has 1 aromatic carbocycles. The van der Waals surface area contributed by atoms with Gasteiger partial charge in [-0.2, -0.15) is 4.31 Å². The first-order valence-electron chi connectivity index (χ1n) is 8.49. The van der Waals surface area contributed by atoms with Gasteiger partial charge in [-0.05, 0) is 41.3 Å². The summed E-state index contributed by atoms with van der Waals surface area (Å²) in [7, 11) is -3.41. The van der Waals surface area contributed by atoms with Gasteiger partial charge in [0.05, 0.1) is 6.26 Å². The Morgan fingerprint density at radius 3 is 2.27 bits per heavy atom. The van der Waals surface area contributed by atoms with Crippen molar-refractivity contribution >= 4 is 21.6 Å². The maximum absolute atomic E-state index is 12.2. The molecule has 2 aromatic rings. The Morgan fingerprint density at radius 1 is 1.12 bits per heavy atom. The van der Waals surface area contributed by atoms with Crippen LogP contribution in [-0.4, -0.2) is 36.4 Å². The Kier molecular flexibility index (Phi) is 6.88. The van der Waals surface area contributed by atoms with Crippen LogP contribution in [0.2, 0.25) is 0 Å². The third-order valence-corrected chi connectivity index (χ3v) is 5.28. The standard InChI is InChI=1S/C19H25N3O3S/c1-15(2)17-4-6-18(7-5-17)21-19(23)10-13-22(26(3,24)25)14-16-8-11-20-12-9-16/h4-9,11-12,15H,10,13-14H2,1-3H3,(H,21,23). The normalized spacial score (nSPS) is 11.7. The predicted octanol–water partition coefficient (Wildman–Crippen LogP) is 3.00. The number of amides is 1. The lowest BCUT2D eigenvalue weighted by Crippen LogP contribution is -2.32. The van der Waals surface area contributed by atoms with Crippen molar-refractivity contribution in [2.24, 2.45) is 0 Å². The highest BCUT2D eigenvalue weighted by molar-refractivity contribution is 7.88. The smallest absolute Gasteiger partial charge is 0.225 e. The SMILES string of the molecule is CC(C)c1ccc(NC(=O)CCN(Cc2ccncc2)S(C)(=O)=O)cc1. The number of nitrogens with zero attached hydrogens (tertiary/aromatic N) is 2. The first-order valence-corrected chi connectivity index (χ1v) is 10.3. The van der Waals surface area contributed by atoms with Crippen LogP contribution >= 0.6 is 0 Å². The molecular weight excluding hydrogens is 350 g/mol. The van der Waals surface area contributed by atoms with Crippen LogP contribution in [0.3, 0.4) is 0 Å². The molecule has 0 spiro atoms. The van der Waals surface area contributed by atoms with Crippen LogP contribution in [0, 0.1) is 0 Å². The van der Waals surface area contributed by atoms with E-state index in [4.69, 9.17) is 0 Å². The number of carbonyl (C=O) groups is 1. The van der Waals surface area contributed by atoms with E-state index in [0.717, 1.165) is 11.8 Å². The molecule has 0 radical (unpaired) electrons. The number of benzene rings is 1. The van der Waals surface area contributed by atoms with Crippen molar-refractivity contribution in [3.05, 3.63) is 59.9 Å². The third-order valence-electron chi connectivity index (χ3n) is 4.03. The van der Waals surface area contributed by atoms with Crippen molar-refractivity contribution in [1.82, 2.24) is 9.29 Å². The number of anilines is 1. The fraction of sp³-hybridized carbons (Fsp3) is 0.368. The molecule has 1 heterocycles. The molecule has 0 saturated heterocycles. The van der Waals surface area contributed by atoms with Crippen LogP contribution in [0.4, 0.5) is 5.69 Å². The van der Waals surface area contributed by atoms with E-state index in [1.54, 1.807) is 24.5 Å². The van der Waals surface area contributed by atoms with Gasteiger partial charge in [-0.3, -0.25) is 9.78 Å². The fourth-order valence-corrected chi connectivity index (χ4v) is 3.26. The zero-order valence-corrected chi connectivity index (χ0v) is 16.2. The monoisotopic (exact) mass is 375 g/mol. The number of sulfonamides is 1. The molecule has 6 nitrogen and oxygen atoms in total. The molecule has 140 valence electrons. The number of carbonyl (C=O) groups excluding carboxylic acids is 1. The average Bonchev–Trinajstić information content (AvgIpc) is 2.59. The number of hydrogen-bond acceptors (Lipinski definition) is 4. The number of nitrogens with one attached hydrogen (secondary N) is 1. The van der Waals surface area contributed by atoms with E-state index in [9.17, 15) is 13.2 Å². The third kappa shape index (κ3) is 6.24. The highest BCUT2D eigenvalue weighted by Crippen LogP contribution is 2.17. The van der Waals surface area contributed by atoms with Gasteiger partial charge in [-0.15, -0.1) is 0 Å². The minimum absolute atomic E-state index is 0.0874. The van der Waals surface area contributed by atoms with Crippen molar-refractivity contribution in [2.75, 3.05) is 18.1 Å². The van der Waals surface area contributed by atoms with Crippen LogP contribution in [0.5, 0.6) is 0 Å². The van der Waals surface area contributed by atoms with E-state index in [2.05, 4.69) is 24.1 Å². The number of hydrogen-bond donors (Lipinski definition) is 1. The van der Waals surface area contributed by atoms with Gasteiger partial charge in [0, 0.05) is 37.6 Å². The summed E-state index contributed by atoms with van der Waals surface area (Å²) in [6, 6.07) is 11.2. The van der Waals surface area contributed by atoms with E-state index >= 15 is 0 Å². The van der Waals surface area contributed by atoms with Crippen LogP contribution in [-0.2, 0) is 21.4 Å². The second-order valence-corrected chi connectivity index (χ2v) is 8.51. The first-order chi connectivity index (χ1) is 12.3. The Labute approximate surface area is 155 Å². The Hall–Kier alpha value is -2.25. The molecule has 0 bridgehead atoms. The van der Waals surface area contributed by atoms with Gasteiger partial charge < -0.3 is 5.32 Å². The van der Waals surface area contributed by atoms with E-state index in [-0.39, 0.29) is 25.4 Å². The van der Waals surface area contributed by atoms with Crippen molar-refractivity contribution in [2.45, 2.75) is 32.7 Å². The lowest BCUT2D eigenvalue weighted by Gasteiger charge is -2.19. The van der Waals surface area contributed by atoms with Crippen LogP contribution < -0.4 is 5.32 Å². The molecule has 0 unspecified atom stereocenters. The maximum atomic E-state index is 12.2. The fourth-order valence-electron chi connectivity index (χ4n) is 2.46. The lowest BCUT2D eigenvalue weighted by atomic mass is 10.0. The van der Waals surface area contributed by atoms with Gasteiger partial charge in [0.25, 0.3) is 0 Å². The van der Waals surface area contributed by atoms with Crippen LogP contribution in [0.1, 0.15) is 37.3 Å². The summed E-state index contributed by atoms with van der Waals surface area (Å²) < 4.78 is 25.3. The largest absolute Gasteiger partial charge is 0.326 e. The molecule has 1 aromatic heterocycles. The minimum atomic E-state index is -3.41. The van der Waals surface area contributed by atoms with E-state index in [1.165, 1.54) is 9.87 Å². The average molecular weight is 375 g/mol. The number of rotatable bonds is 8. The quantitative estimate of drug-likeness (QED) is 0.769. The van der Waals surface area contributed by atoms with Gasteiger partial charge in [-0.25, -0.2) is 8.42 Å². The Balaban J connectivity index is 1.94. The molecule has 2 rings (SSSR count). The summed E-state index contributed by atoms with van der Waals surface area (Å²) in [4.78, 5) is 16.1. The molecule has 0 fully saturated rings. The van der Waals surface area contributed by atoms with Gasteiger partial charge in [-0.1, -0.05) is 26.0 Å².